The summed E-state index contributed by atoms with van der Waals surface area (Å²) >= 11 is 0. The number of fused-ring (bicyclic) bond motifs is 1. The summed E-state index contributed by atoms with van der Waals surface area (Å²) in [6.07, 6.45) is 1.45. The quantitative estimate of drug-likeness (QED) is 0.166. The maximum Gasteiger partial charge on any atom is 0.343 e. The molecule has 1 amide bonds. The third-order valence-corrected chi connectivity index (χ3v) is 5.46. The molecule has 0 radical (unpaired) electrons. The lowest BCUT2D eigenvalue weighted by Crippen LogP contribution is -2.18. The second-order valence-electron chi connectivity index (χ2n) is 7.56. The Morgan fingerprint density at radius 3 is 2.22 bits per heavy atom. The summed E-state index contributed by atoms with van der Waals surface area (Å²) in [5, 5.41) is 5.84. The number of hydrazone groups is 1. The predicted molar refractivity (Wildman–Crippen MR) is 137 cm³/mol. The zero-order chi connectivity index (χ0) is 25.5. The molecule has 0 fully saturated rings. The molecule has 0 aliphatic carbocycles. The van der Waals surface area contributed by atoms with E-state index in [1.54, 1.807) is 48.5 Å². The molecule has 8 nitrogen and oxygen atoms in total. The second kappa shape index (κ2) is 11.1. The highest BCUT2D eigenvalue weighted by molar-refractivity contribution is 6.04. The maximum atomic E-state index is 13.0. The van der Waals surface area contributed by atoms with Crippen molar-refractivity contribution in [2.45, 2.75) is 0 Å². The molecular formula is C28H24N2O6. The first kappa shape index (κ1) is 24.3. The third-order valence-electron chi connectivity index (χ3n) is 5.46. The van der Waals surface area contributed by atoms with Crippen LogP contribution in [0.15, 0.2) is 84.0 Å². The normalized spacial score (nSPS) is 10.8. The molecule has 36 heavy (non-hydrogen) atoms. The molecule has 0 bridgehead atoms. The van der Waals surface area contributed by atoms with Gasteiger partial charge in [-0.3, -0.25) is 4.79 Å². The van der Waals surface area contributed by atoms with Crippen molar-refractivity contribution in [1.82, 2.24) is 5.43 Å². The van der Waals surface area contributed by atoms with Crippen molar-refractivity contribution in [3.05, 3.63) is 95.6 Å². The Labute approximate surface area is 208 Å². The fourth-order valence-electron chi connectivity index (χ4n) is 3.67. The smallest absolute Gasteiger partial charge is 0.343 e. The number of methoxy groups -OCH3 is 3. The van der Waals surface area contributed by atoms with Crippen molar-refractivity contribution >= 4 is 28.9 Å². The Morgan fingerprint density at radius 2 is 1.44 bits per heavy atom. The highest BCUT2D eigenvalue weighted by Crippen LogP contribution is 2.30. The van der Waals surface area contributed by atoms with Crippen molar-refractivity contribution in [3.8, 4) is 23.0 Å². The molecule has 0 saturated carbocycles. The van der Waals surface area contributed by atoms with Gasteiger partial charge in [-0.1, -0.05) is 42.5 Å². The van der Waals surface area contributed by atoms with E-state index in [2.05, 4.69) is 10.5 Å². The van der Waals surface area contributed by atoms with E-state index in [1.807, 2.05) is 30.3 Å². The number of carbonyl (C=O) groups is 2. The average molecular weight is 485 g/mol. The van der Waals surface area contributed by atoms with E-state index in [0.29, 0.717) is 28.4 Å². The van der Waals surface area contributed by atoms with E-state index < -0.39 is 11.9 Å². The summed E-state index contributed by atoms with van der Waals surface area (Å²) in [6.45, 7) is 0. The first-order valence-electron chi connectivity index (χ1n) is 11.0. The van der Waals surface area contributed by atoms with E-state index in [-0.39, 0.29) is 11.3 Å². The molecule has 0 spiro atoms. The van der Waals surface area contributed by atoms with Crippen LogP contribution in [0, 0.1) is 0 Å². The Bertz CT molecular complexity index is 1450. The first-order valence-corrected chi connectivity index (χ1v) is 11.0. The minimum Gasteiger partial charge on any atom is -0.496 e. The van der Waals surface area contributed by atoms with Gasteiger partial charge < -0.3 is 18.9 Å². The number of esters is 1. The highest BCUT2D eigenvalue weighted by Gasteiger charge is 2.16. The molecule has 4 aromatic rings. The van der Waals surface area contributed by atoms with E-state index in [9.17, 15) is 9.59 Å². The number of nitrogens with zero attached hydrogens (tertiary/aromatic N) is 1. The van der Waals surface area contributed by atoms with E-state index in [1.165, 1.54) is 27.5 Å². The third kappa shape index (κ3) is 5.12. The fraction of sp³-hybridized carbons (Fsp3) is 0.107. The van der Waals surface area contributed by atoms with Crippen LogP contribution in [0.5, 0.6) is 23.0 Å². The number of nitrogens with one attached hydrogen (secondary N) is 1. The minimum atomic E-state index is -0.584. The summed E-state index contributed by atoms with van der Waals surface area (Å²) in [5.74, 6) is 0.597. The molecule has 0 aliphatic heterocycles. The van der Waals surface area contributed by atoms with Crippen LogP contribution in [-0.2, 0) is 0 Å². The zero-order valence-electron chi connectivity index (χ0n) is 20.0. The molecule has 8 heteroatoms. The van der Waals surface area contributed by atoms with Gasteiger partial charge in [0.05, 0.1) is 38.7 Å². The number of ether oxygens (including phenoxy) is 4. The molecule has 0 atom stereocenters. The van der Waals surface area contributed by atoms with Gasteiger partial charge in [-0.15, -0.1) is 0 Å². The molecule has 182 valence electrons. The van der Waals surface area contributed by atoms with Gasteiger partial charge >= 0.3 is 5.97 Å². The SMILES string of the molecule is COc1ccc(C(=O)Oc2ccc3ccccc3c2C=NNC(=O)c2ccccc2OC)cc1OC. The number of carbonyl (C=O) groups excluding carboxylic acids is 2. The lowest BCUT2D eigenvalue weighted by molar-refractivity contribution is 0.0734. The zero-order valence-corrected chi connectivity index (χ0v) is 20.0. The van der Waals surface area contributed by atoms with Gasteiger partial charge in [0.2, 0.25) is 0 Å². The van der Waals surface area contributed by atoms with Gasteiger partial charge in [-0.2, -0.15) is 5.10 Å². The van der Waals surface area contributed by atoms with Crippen LogP contribution in [0.4, 0.5) is 0 Å². The van der Waals surface area contributed by atoms with Gasteiger partial charge in [-0.25, -0.2) is 10.2 Å². The first-order chi connectivity index (χ1) is 17.5. The summed E-state index contributed by atoms with van der Waals surface area (Å²) in [4.78, 5) is 25.6. The minimum absolute atomic E-state index is 0.281. The molecule has 4 aromatic carbocycles. The molecule has 0 aromatic heterocycles. The highest BCUT2D eigenvalue weighted by atomic mass is 16.5. The van der Waals surface area contributed by atoms with Crippen LogP contribution in [0.25, 0.3) is 10.8 Å². The van der Waals surface area contributed by atoms with E-state index >= 15 is 0 Å². The van der Waals surface area contributed by atoms with Gasteiger partial charge in [0, 0.05) is 5.56 Å². The number of amides is 1. The average Bonchev–Trinajstić information content (AvgIpc) is 2.93. The van der Waals surface area contributed by atoms with Crippen molar-refractivity contribution < 1.29 is 28.5 Å². The number of hydrogen-bond acceptors (Lipinski definition) is 7. The maximum absolute atomic E-state index is 13.0. The molecule has 0 aliphatic rings. The van der Waals surface area contributed by atoms with Crippen LogP contribution in [-0.4, -0.2) is 39.4 Å². The molecule has 0 unspecified atom stereocenters. The second-order valence-corrected chi connectivity index (χ2v) is 7.56. The largest absolute Gasteiger partial charge is 0.496 e. The monoisotopic (exact) mass is 484 g/mol. The topological polar surface area (TPSA) is 95.5 Å². The summed E-state index contributed by atoms with van der Waals surface area (Å²) < 4.78 is 21.5. The van der Waals surface area contributed by atoms with Crippen molar-refractivity contribution in [1.29, 1.82) is 0 Å². The molecule has 4 rings (SSSR count). The number of rotatable bonds is 8. The fourth-order valence-corrected chi connectivity index (χ4v) is 3.67. The molecule has 0 heterocycles. The summed E-state index contributed by atoms with van der Waals surface area (Å²) in [5.41, 5.74) is 3.66. The summed E-state index contributed by atoms with van der Waals surface area (Å²) in [6, 6.07) is 22.7. The van der Waals surface area contributed by atoms with Crippen LogP contribution in [0.3, 0.4) is 0 Å². The van der Waals surface area contributed by atoms with E-state index in [4.69, 9.17) is 18.9 Å². The Balaban J connectivity index is 1.63. The lowest BCUT2D eigenvalue weighted by Gasteiger charge is -2.12. The van der Waals surface area contributed by atoms with Gasteiger partial charge in [-0.05, 0) is 47.2 Å². The standard InChI is InChI=1S/C28H24N2O6/c1-33-23-11-7-6-10-21(23)27(31)30-29-17-22-20-9-5-4-8-18(20)12-14-24(22)36-28(32)19-13-15-25(34-2)26(16-19)35-3/h4-17H,1-3H3,(H,30,31). The van der Waals surface area contributed by atoms with Crippen molar-refractivity contribution in [2.24, 2.45) is 5.10 Å². The summed E-state index contributed by atoms with van der Waals surface area (Å²) in [7, 11) is 4.50. The van der Waals surface area contributed by atoms with Gasteiger partial charge in [0.15, 0.2) is 11.5 Å². The van der Waals surface area contributed by atoms with E-state index in [0.717, 1.165) is 10.8 Å². The molecule has 0 saturated heterocycles. The molecular weight excluding hydrogens is 460 g/mol. The van der Waals surface area contributed by atoms with Crippen molar-refractivity contribution in [3.63, 3.8) is 0 Å². The van der Waals surface area contributed by atoms with Crippen molar-refractivity contribution in [2.75, 3.05) is 21.3 Å². The Hall–Kier alpha value is -4.85. The van der Waals surface area contributed by atoms with Gasteiger partial charge in [0.25, 0.3) is 5.91 Å². The van der Waals surface area contributed by atoms with Crippen LogP contribution < -0.4 is 24.4 Å². The van der Waals surface area contributed by atoms with Crippen LogP contribution in [0.1, 0.15) is 26.3 Å². The number of benzene rings is 4. The predicted octanol–water partition coefficient (Wildman–Crippen LogP) is 4.85. The number of hydrogen-bond donors (Lipinski definition) is 1. The lowest BCUT2D eigenvalue weighted by atomic mass is 10.0. The van der Waals surface area contributed by atoms with Gasteiger partial charge in [0.1, 0.15) is 11.5 Å². The Kier molecular flexibility index (Phi) is 7.45. The van der Waals surface area contributed by atoms with Crippen LogP contribution >= 0.6 is 0 Å². The number of para-hydroxylation sites is 1. The Morgan fingerprint density at radius 1 is 0.750 bits per heavy atom. The van der Waals surface area contributed by atoms with Crippen LogP contribution in [0.2, 0.25) is 0 Å². The molecule has 1 N–H and O–H groups in total.